The molecule has 0 radical (unpaired) electrons. The molecule has 0 aromatic carbocycles. The van der Waals surface area contributed by atoms with Crippen LogP contribution in [0.3, 0.4) is 0 Å². The van der Waals surface area contributed by atoms with Crippen molar-refractivity contribution in [2.24, 2.45) is 0 Å². The molecule has 0 unspecified atom stereocenters. The largest absolute Gasteiger partial charge is 0.451 e. The molecule has 1 fully saturated rings. The molecule has 0 bridgehead atoms. The van der Waals surface area contributed by atoms with E-state index in [1.165, 1.54) is 18.2 Å². The van der Waals surface area contributed by atoms with Crippen molar-refractivity contribution in [2.75, 3.05) is 0 Å². The number of hydrogen-bond acceptors (Lipinski definition) is 6. The Kier molecular flexibility index (Phi) is 4.29. The number of esters is 1. The van der Waals surface area contributed by atoms with Gasteiger partial charge < -0.3 is 9.15 Å². The number of carbonyl (C=O) groups excluding carboxylic acids is 2. The zero-order valence-electron chi connectivity index (χ0n) is 10.6. The van der Waals surface area contributed by atoms with Crippen LogP contribution in [0.1, 0.15) is 31.4 Å². The third-order valence-corrected chi connectivity index (χ3v) is 2.93. The summed E-state index contributed by atoms with van der Waals surface area (Å²) in [5.74, 6) is -0.958. The third-order valence-electron chi connectivity index (χ3n) is 2.93. The summed E-state index contributed by atoms with van der Waals surface area (Å²) in [6, 6.07) is 2.56. The average molecular weight is 279 g/mol. The van der Waals surface area contributed by atoms with Crippen molar-refractivity contribution >= 4 is 23.7 Å². The summed E-state index contributed by atoms with van der Waals surface area (Å²) >= 11 is 0. The molecule has 0 aliphatic heterocycles. The zero-order chi connectivity index (χ0) is 14.5. The number of ketones is 1. The summed E-state index contributed by atoms with van der Waals surface area (Å²) in [4.78, 5) is 32.8. The lowest BCUT2D eigenvalue weighted by atomic mass is 9.96. The first kappa shape index (κ1) is 14.0. The Balaban J connectivity index is 1.91. The Morgan fingerprint density at radius 2 is 2.25 bits per heavy atom. The fraction of sp³-hybridized carbons (Fsp3) is 0.385. The molecule has 1 aliphatic carbocycles. The second kappa shape index (κ2) is 6.14. The van der Waals surface area contributed by atoms with Gasteiger partial charge in [0.15, 0.2) is 11.9 Å². The maximum absolute atomic E-state index is 11.5. The highest BCUT2D eigenvalue weighted by atomic mass is 16.6. The van der Waals surface area contributed by atoms with Crippen LogP contribution in [0.4, 0.5) is 5.88 Å². The highest BCUT2D eigenvalue weighted by Gasteiger charge is 2.24. The van der Waals surface area contributed by atoms with Crippen LogP contribution in [0.15, 0.2) is 22.6 Å². The maximum atomic E-state index is 11.5. The summed E-state index contributed by atoms with van der Waals surface area (Å²) in [5, 5.41) is 10.4. The van der Waals surface area contributed by atoms with Gasteiger partial charge in [0.2, 0.25) is 0 Å². The Morgan fingerprint density at radius 3 is 2.90 bits per heavy atom. The molecule has 0 saturated heterocycles. The van der Waals surface area contributed by atoms with Crippen molar-refractivity contribution in [1.29, 1.82) is 0 Å². The van der Waals surface area contributed by atoms with Crippen LogP contribution < -0.4 is 0 Å². The van der Waals surface area contributed by atoms with Crippen molar-refractivity contribution in [3.63, 3.8) is 0 Å². The van der Waals surface area contributed by atoms with Crippen molar-refractivity contribution in [2.45, 2.75) is 31.8 Å². The van der Waals surface area contributed by atoms with E-state index in [0.29, 0.717) is 12.8 Å². The van der Waals surface area contributed by atoms with Gasteiger partial charge in [-0.2, -0.15) is 0 Å². The summed E-state index contributed by atoms with van der Waals surface area (Å²) in [6.07, 6.45) is 4.35. The molecule has 0 N–H and O–H groups in total. The predicted molar refractivity (Wildman–Crippen MR) is 67.8 cm³/mol. The first-order valence-electron chi connectivity index (χ1n) is 6.22. The van der Waals surface area contributed by atoms with E-state index in [4.69, 9.17) is 9.15 Å². The van der Waals surface area contributed by atoms with Crippen molar-refractivity contribution in [1.82, 2.24) is 0 Å². The maximum Gasteiger partial charge on any atom is 0.433 e. The molecule has 0 amide bonds. The van der Waals surface area contributed by atoms with Gasteiger partial charge in [-0.3, -0.25) is 14.9 Å². The normalized spacial score (nSPS) is 19.2. The smallest absolute Gasteiger partial charge is 0.433 e. The SMILES string of the molecule is O=C(/C=C/c1ccc([N+](=O)[O-])o1)O[C@H]1CCCCC1=O. The van der Waals surface area contributed by atoms with Gasteiger partial charge in [-0.15, -0.1) is 0 Å². The van der Waals surface area contributed by atoms with Gasteiger partial charge in [-0.1, -0.05) is 0 Å². The molecule has 1 heterocycles. The van der Waals surface area contributed by atoms with Crippen LogP contribution in [-0.4, -0.2) is 22.8 Å². The molecule has 1 aromatic rings. The minimum Gasteiger partial charge on any atom is -0.451 e. The monoisotopic (exact) mass is 279 g/mol. The topological polar surface area (TPSA) is 99.7 Å². The molecule has 1 aliphatic rings. The second-order valence-electron chi connectivity index (χ2n) is 4.40. The molecule has 1 saturated carbocycles. The quantitative estimate of drug-likeness (QED) is 0.362. The van der Waals surface area contributed by atoms with Gasteiger partial charge in [0, 0.05) is 12.5 Å². The molecule has 1 aromatic heterocycles. The van der Waals surface area contributed by atoms with Gasteiger partial charge in [0.25, 0.3) is 0 Å². The Hall–Kier alpha value is -2.44. The van der Waals surface area contributed by atoms with Gasteiger partial charge >= 0.3 is 11.9 Å². The molecule has 0 spiro atoms. The average Bonchev–Trinajstić information content (AvgIpc) is 2.88. The van der Waals surface area contributed by atoms with Crippen LogP contribution in [0, 0.1) is 10.1 Å². The molecule has 7 nitrogen and oxygen atoms in total. The summed E-state index contributed by atoms with van der Waals surface area (Å²) in [5.41, 5.74) is 0. The number of rotatable bonds is 4. The Labute approximate surface area is 114 Å². The zero-order valence-corrected chi connectivity index (χ0v) is 10.6. The van der Waals surface area contributed by atoms with Gasteiger partial charge in [-0.25, -0.2) is 4.79 Å². The van der Waals surface area contributed by atoms with E-state index in [0.717, 1.165) is 18.9 Å². The Morgan fingerprint density at radius 1 is 1.45 bits per heavy atom. The third kappa shape index (κ3) is 3.53. The molecular weight excluding hydrogens is 266 g/mol. The van der Waals surface area contributed by atoms with E-state index in [9.17, 15) is 19.7 Å². The van der Waals surface area contributed by atoms with E-state index < -0.39 is 22.9 Å². The van der Waals surface area contributed by atoms with E-state index in [1.54, 1.807) is 0 Å². The molecule has 106 valence electrons. The first-order valence-corrected chi connectivity index (χ1v) is 6.22. The van der Waals surface area contributed by atoms with Gasteiger partial charge in [0.05, 0.1) is 6.07 Å². The summed E-state index contributed by atoms with van der Waals surface area (Å²) in [7, 11) is 0. The van der Waals surface area contributed by atoms with Gasteiger partial charge in [0.1, 0.15) is 10.7 Å². The molecule has 7 heteroatoms. The summed E-state index contributed by atoms with van der Waals surface area (Å²) < 4.78 is 9.87. The van der Waals surface area contributed by atoms with Crippen molar-refractivity contribution in [3.05, 3.63) is 34.1 Å². The predicted octanol–water partition coefficient (Wildman–Crippen LogP) is 2.26. The summed E-state index contributed by atoms with van der Waals surface area (Å²) in [6.45, 7) is 0. The van der Waals surface area contributed by atoms with Crippen LogP contribution >= 0.6 is 0 Å². The number of furan rings is 1. The number of Topliss-reactive ketones (excluding diaryl/α,β-unsaturated/α-hetero) is 1. The second-order valence-corrected chi connectivity index (χ2v) is 4.40. The highest BCUT2D eigenvalue weighted by Crippen LogP contribution is 2.19. The van der Waals surface area contributed by atoms with E-state index in [2.05, 4.69) is 0 Å². The van der Waals surface area contributed by atoms with Crippen molar-refractivity contribution in [3.8, 4) is 0 Å². The highest BCUT2D eigenvalue weighted by molar-refractivity contribution is 5.91. The lowest BCUT2D eigenvalue weighted by molar-refractivity contribution is -0.402. The standard InChI is InChI=1S/C13H13NO6/c15-10-3-1-2-4-11(10)20-13(16)8-6-9-5-7-12(19-9)14(17)18/h5-8,11H,1-4H2/b8-6+/t11-/m0/s1. The van der Waals surface area contributed by atoms with Gasteiger partial charge in [-0.05, 0) is 31.4 Å². The van der Waals surface area contributed by atoms with Crippen LogP contribution in [0.2, 0.25) is 0 Å². The van der Waals surface area contributed by atoms with E-state index in [-0.39, 0.29) is 11.5 Å². The number of carbonyl (C=O) groups is 2. The van der Waals surface area contributed by atoms with Crippen molar-refractivity contribution < 1.29 is 23.7 Å². The van der Waals surface area contributed by atoms with E-state index >= 15 is 0 Å². The first-order chi connectivity index (χ1) is 9.56. The Bertz CT molecular complexity index is 559. The van der Waals surface area contributed by atoms with Crippen LogP contribution in [0.5, 0.6) is 0 Å². The molecule has 1 atom stereocenters. The lowest BCUT2D eigenvalue weighted by Crippen LogP contribution is -2.29. The minimum atomic E-state index is -0.674. The fourth-order valence-corrected chi connectivity index (χ4v) is 1.94. The molecular formula is C13H13NO6. The molecule has 20 heavy (non-hydrogen) atoms. The number of nitrogens with zero attached hydrogens (tertiary/aromatic N) is 1. The molecule has 2 rings (SSSR count). The minimum absolute atomic E-state index is 0.0633. The lowest BCUT2D eigenvalue weighted by Gasteiger charge is -2.19. The number of ether oxygens (including phenoxy) is 1. The van der Waals surface area contributed by atoms with E-state index in [1.807, 2.05) is 0 Å². The van der Waals surface area contributed by atoms with Crippen LogP contribution in [-0.2, 0) is 14.3 Å². The number of nitro groups is 1. The van der Waals surface area contributed by atoms with Crippen LogP contribution in [0.25, 0.3) is 6.08 Å². The number of hydrogen-bond donors (Lipinski definition) is 0. The fourth-order valence-electron chi connectivity index (χ4n) is 1.94.